The molecule has 1 aliphatic rings. The molecule has 3 N–H and O–H groups in total. The van der Waals surface area contributed by atoms with Gasteiger partial charge in [0.15, 0.2) is 5.54 Å². The fourth-order valence-electron chi connectivity index (χ4n) is 3.41. The molecule has 0 spiro atoms. The molecule has 0 bridgehead atoms. The first-order chi connectivity index (χ1) is 7.19. The van der Waals surface area contributed by atoms with Crippen molar-refractivity contribution < 1.29 is 14.3 Å². The Kier molecular flexibility index (Phi) is 2.57. The highest BCUT2D eigenvalue weighted by molar-refractivity contribution is 5.83. The van der Waals surface area contributed by atoms with E-state index in [0.29, 0.717) is 0 Å². The lowest BCUT2D eigenvalue weighted by molar-refractivity contribution is -0.155. The minimum absolute atomic E-state index is 0.545. The molecule has 2 atom stereocenters. The Balaban J connectivity index is 3.71. The second-order valence-corrected chi connectivity index (χ2v) is 6.99. The molecule has 0 radical (unpaired) electrons. The van der Waals surface area contributed by atoms with Gasteiger partial charge in [0, 0.05) is 10.8 Å². The number of nitrogens with two attached hydrogens (primary N) is 1. The van der Waals surface area contributed by atoms with E-state index in [0.717, 1.165) is 0 Å². The van der Waals surface area contributed by atoms with Crippen molar-refractivity contribution in [3.05, 3.63) is 0 Å². The van der Waals surface area contributed by atoms with E-state index >= 15 is 4.39 Å². The molecule has 1 fully saturated rings. The summed E-state index contributed by atoms with van der Waals surface area (Å²) in [6.07, 6.45) is 0. The molecule has 0 saturated heterocycles. The number of hydrogen-bond acceptors (Lipinski definition) is 2. The summed E-state index contributed by atoms with van der Waals surface area (Å²) in [7, 11) is 0. The number of carboxylic acid groups (broad SMARTS) is 1. The van der Waals surface area contributed by atoms with Crippen LogP contribution in [0.3, 0.4) is 0 Å². The maximum absolute atomic E-state index is 15.2. The molecular weight excluding hydrogens is 220 g/mol. The Morgan fingerprint density at radius 3 is 1.41 bits per heavy atom. The summed E-state index contributed by atoms with van der Waals surface area (Å²) in [5.74, 6) is -1.27. The van der Waals surface area contributed by atoms with Gasteiger partial charge in [-0.25, -0.2) is 4.39 Å². The second kappa shape index (κ2) is 3.02. The summed E-state index contributed by atoms with van der Waals surface area (Å²) < 4.78 is 15.2. The third-order valence-corrected chi connectivity index (χ3v) is 6.36. The highest BCUT2D eigenvalue weighted by Crippen LogP contribution is 2.71. The first-order valence-electron chi connectivity index (χ1n) is 5.91. The number of carbonyl (C=O) groups is 1. The molecule has 100 valence electrons. The highest BCUT2D eigenvalue weighted by atomic mass is 18.2. The number of alkyl halides is 1. The molecule has 0 aromatic carbocycles. The molecule has 17 heavy (non-hydrogen) atoms. The molecule has 1 saturated carbocycles. The van der Waals surface area contributed by atoms with Crippen LogP contribution < -0.4 is 5.73 Å². The fraction of sp³-hybridized carbons (Fsp3) is 0.923. The molecule has 4 heteroatoms. The highest BCUT2D eigenvalue weighted by Gasteiger charge is 2.80. The number of hydrogen-bond donors (Lipinski definition) is 2. The van der Waals surface area contributed by atoms with Crippen LogP contribution in [-0.2, 0) is 4.79 Å². The van der Waals surface area contributed by atoms with Gasteiger partial charge in [-0.1, -0.05) is 41.5 Å². The standard InChI is InChI=1S/C13H24FNO2/c1-9(2)10(3,4)12(7,14)13(15,8(16)17)11(9,5)6/h15H2,1-7H3,(H,16,17)/i14-1. The average molecular weight is 244 g/mol. The summed E-state index contributed by atoms with van der Waals surface area (Å²) in [6, 6.07) is 0. The van der Waals surface area contributed by atoms with E-state index in [1.165, 1.54) is 6.92 Å². The maximum atomic E-state index is 15.2. The van der Waals surface area contributed by atoms with Gasteiger partial charge in [0.05, 0.1) is 0 Å². The third-order valence-electron chi connectivity index (χ3n) is 6.36. The lowest BCUT2D eigenvalue weighted by Gasteiger charge is -2.45. The lowest BCUT2D eigenvalue weighted by atomic mass is 9.58. The minimum atomic E-state index is -1.99. The van der Waals surface area contributed by atoms with Gasteiger partial charge in [-0.15, -0.1) is 0 Å². The molecule has 0 heterocycles. The number of halogens is 1. The Hall–Kier alpha value is -0.640. The van der Waals surface area contributed by atoms with Crippen LogP contribution in [0.4, 0.5) is 4.39 Å². The number of rotatable bonds is 1. The van der Waals surface area contributed by atoms with Gasteiger partial charge >= 0.3 is 5.97 Å². The quantitative estimate of drug-likeness (QED) is 0.745. The van der Waals surface area contributed by atoms with Crippen LogP contribution in [0.5, 0.6) is 0 Å². The van der Waals surface area contributed by atoms with E-state index in [1.807, 2.05) is 13.8 Å². The number of aliphatic carboxylic acids is 1. The van der Waals surface area contributed by atoms with Crippen LogP contribution in [0, 0.1) is 16.2 Å². The zero-order chi connectivity index (χ0) is 14.1. The molecule has 0 aromatic rings. The average Bonchev–Trinajstić information content (AvgIpc) is 2.17. The zero-order valence-corrected chi connectivity index (χ0v) is 11.8. The van der Waals surface area contributed by atoms with Crippen LogP contribution in [-0.4, -0.2) is 22.3 Å². The summed E-state index contributed by atoms with van der Waals surface area (Å²) in [5.41, 5.74) is -0.0929. The predicted molar refractivity (Wildman–Crippen MR) is 65.4 cm³/mol. The lowest BCUT2D eigenvalue weighted by Crippen LogP contribution is -2.67. The van der Waals surface area contributed by atoms with Crippen molar-refractivity contribution >= 4 is 5.97 Å². The Morgan fingerprint density at radius 1 is 0.941 bits per heavy atom. The van der Waals surface area contributed by atoms with Gasteiger partial charge in [0.1, 0.15) is 5.67 Å². The van der Waals surface area contributed by atoms with Crippen LogP contribution in [0.1, 0.15) is 48.5 Å². The topological polar surface area (TPSA) is 63.3 Å². The normalized spacial score (nSPS) is 42.4. The van der Waals surface area contributed by atoms with E-state index in [-0.39, 0.29) is 0 Å². The molecule has 3 nitrogen and oxygen atoms in total. The van der Waals surface area contributed by atoms with E-state index in [2.05, 4.69) is 0 Å². The van der Waals surface area contributed by atoms with E-state index in [4.69, 9.17) is 5.73 Å². The monoisotopic (exact) mass is 244 g/mol. The first-order valence-corrected chi connectivity index (χ1v) is 5.91. The largest absolute Gasteiger partial charge is 0.480 e. The van der Waals surface area contributed by atoms with Crippen molar-refractivity contribution in [3.8, 4) is 0 Å². The van der Waals surface area contributed by atoms with Crippen molar-refractivity contribution in [2.75, 3.05) is 0 Å². The summed E-state index contributed by atoms with van der Waals surface area (Å²) in [4.78, 5) is 11.6. The van der Waals surface area contributed by atoms with Crippen molar-refractivity contribution in [1.82, 2.24) is 0 Å². The van der Waals surface area contributed by atoms with E-state index in [9.17, 15) is 9.90 Å². The van der Waals surface area contributed by atoms with Gasteiger partial charge < -0.3 is 10.8 Å². The predicted octanol–water partition coefficient (Wildman–Crippen LogP) is 2.59. The molecule has 2 unspecified atom stereocenters. The molecule has 0 amide bonds. The van der Waals surface area contributed by atoms with Crippen molar-refractivity contribution in [2.24, 2.45) is 22.0 Å². The van der Waals surface area contributed by atoms with Gasteiger partial charge in [-0.2, -0.15) is 0 Å². The van der Waals surface area contributed by atoms with E-state index < -0.39 is 33.4 Å². The maximum Gasteiger partial charge on any atom is 0.327 e. The van der Waals surface area contributed by atoms with Crippen molar-refractivity contribution in [2.45, 2.75) is 59.7 Å². The minimum Gasteiger partial charge on any atom is -0.480 e. The Labute approximate surface area is 103 Å². The summed E-state index contributed by atoms with van der Waals surface area (Å²) in [6.45, 7) is 12.1. The summed E-state index contributed by atoms with van der Waals surface area (Å²) >= 11 is 0. The van der Waals surface area contributed by atoms with Crippen LogP contribution >= 0.6 is 0 Å². The molecular formula is C13H24FNO2. The molecule has 0 aliphatic heterocycles. The summed E-state index contributed by atoms with van der Waals surface area (Å²) in [5, 5.41) is 9.44. The van der Waals surface area contributed by atoms with Crippen molar-refractivity contribution in [1.29, 1.82) is 0 Å². The van der Waals surface area contributed by atoms with Crippen LogP contribution in [0.2, 0.25) is 0 Å². The van der Waals surface area contributed by atoms with Gasteiger partial charge in [0.2, 0.25) is 0 Å². The van der Waals surface area contributed by atoms with Crippen LogP contribution in [0.15, 0.2) is 0 Å². The number of carboxylic acids is 1. The Bertz CT molecular complexity index is 344. The fourth-order valence-corrected chi connectivity index (χ4v) is 3.41. The van der Waals surface area contributed by atoms with Gasteiger partial charge in [0.25, 0.3) is 0 Å². The molecule has 1 rings (SSSR count). The second-order valence-electron chi connectivity index (χ2n) is 6.99. The smallest absolute Gasteiger partial charge is 0.327 e. The van der Waals surface area contributed by atoms with E-state index in [1.54, 1.807) is 27.7 Å². The van der Waals surface area contributed by atoms with Crippen molar-refractivity contribution in [3.63, 3.8) is 0 Å². The van der Waals surface area contributed by atoms with Gasteiger partial charge in [-0.3, -0.25) is 4.79 Å². The zero-order valence-electron chi connectivity index (χ0n) is 11.8. The first kappa shape index (κ1) is 14.4. The SMILES string of the molecule is CC1(C)C(C)(C)C(C)([18F])C(N)(C(=O)O)C1(C)C. The third kappa shape index (κ3) is 1.08. The van der Waals surface area contributed by atoms with Crippen LogP contribution in [0.25, 0.3) is 0 Å². The molecule has 1 aliphatic carbocycles. The molecule has 0 aromatic heterocycles. The Morgan fingerprint density at radius 2 is 1.29 bits per heavy atom. The van der Waals surface area contributed by atoms with Gasteiger partial charge in [-0.05, 0) is 12.3 Å².